The molecule has 0 bridgehead atoms. The minimum atomic E-state index is -1.21. The maximum atomic E-state index is 14.2. The number of carbonyl (C=O) groups is 1. The first-order chi connectivity index (χ1) is 20.9. The lowest BCUT2D eigenvalue weighted by Crippen LogP contribution is -2.46. The molecule has 1 aromatic carbocycles. The highest BCUT2D eigenvalue weighted by molar-refractivity contribution is 5.83. The Kier molecular flexibility index (Phi) is 7.67. The Hall–Kier alpha value is -5.36. The topological polar surface area (TPSA) is 156 Å². The maximum absolute atomic E-state index is 14.2. The number of hydrogen-bond donors (Lipinski definition) is 1. The number of carboxylic acids is 1. The molecular weight excluding hydrogens is 557 g/mol. The van der Waals surface area contributed by atoms with E-state index in [-0.39, 0.29) is 18.0 Å². The number of imidazole rings is 1. The lowest BCUT2D eigenvalue weighted by molar-refractivity contribution is 0.0683. The van der Waals surface area contributed by atoms with Crippen molar-refractivity contribution in [1.82, 2.24) is 43.8 Å². The third-order valence-electron chi connectivity index (χ3n) is 7.32. The summed E-state index contributed by atoms with van der Waals surface area (Å²) in [4.78, 5) is 29.0. The van der Waals surface area contributed by atoms with E-state index in [0.717, 1.165) is 31.1 Å². The molecule has 1 saturated heterocycles. The molecule has 0 unspecified atom stereocenters. The standard InChI is InChI=1S/C28H28FN11O3/c1-2-37-18-31-14-21(37)15-39-24(34-40-28(39)33-26(35-40)27(41)42)16-36-8-10-38(11-9-36)23-4-3-5-25(32-23)43-17-20-7-6-19(13-30)12-22(20)29/h3-7,12,14,18H,2,8-11,15-17H2,1H3,(H,41,42). The summed E-state index contributed by atoms with van der Waals surface area (Å²) in [6, 6.07) is 11.7. The van der Waals surface area contributed by atoms with Crippen LogP contribution in [0.3, 0.4) is 0 Å². The minimum Gasteiger partial charge on any atom is -0.475 e. The molecule has 0 radical (unpaired) electrons. The summed E-state index contributed by atoms with van der Waals surface area (Å²) in [7, 11) is 0. The largest absolute Gasteiger partial charge is 0.475 e. The van der Waals surface area contributed by atoms with Gasteiger partial charge in [0.15, 0.2) is 0 Å². The molecule has 1 aliphatic rings. The average Bonchev–Trinajstić information content (AvgIpc) is 3.73. The number of aromatic nitrogens is 8. The van der Waals surface area contributed by atoms with Crippen LogP contribution in [-0.4, -0.2) is 81.1 Å². The normalized spacial score (nSPS) is 13.8. The molecule has 220 valence electrons. The van der Waals surface area contributed by atoms with Crippen molar-refractivity contribution >= 4 is 17.6 Å². The van der Waals surface area contributed by atoms with Crippen molar-refractivity contribution in [3.8, 4) is 11.9 Å². The fourth-order valence-corrected chi connectivity index (χ4v) is 4.99. The summed E-state index contributed by atoms with van der Waals surface area (Å²) in [6.45, 7) is 6.61. The van der Waals surface area contributed by atoms with E-state index in [2.05, 4.69) is 34.9 Å². The minimum absolute atomic E-state index is 0.000256. The van der Waals surface area contributed by atoms with E-state index in [9.17, 15) is 14.3 Å². The zero-order chi connectivity index (χ0) is 29.9. The molecule has 14 nitrogen and oxygen atoms in total. The van der Waals surface area contributed by atoms with Crippen LogP contribution in [-0.2, 0) is 26.2 Å². The summed E-state index contributed by atoms with van der Waals surface area (Å²) in [5.74, 6) is 0.210. The number of ether oxygens (including phenoxy) is 1. The number of piperazine rings is 1. The third kappa shape index (κ3) is 5.86. The van der Waals surface area contributed by atoms with Crippen LogP contribution in [0, 0.1) is 17.1 Å². The molecule has 15 heteroatoms. The van der Waals surface area contributed by atoms with Gasteiger partial charge in [-0.3, -0.25) is 9.47 Å². The summed E-state index contributed by atoms with van der Waals surface area (Å²) in [5.41, 5.74) is 1.55. The SMILES string of the molecule is CCn1cncc1Cn1c(CN2CCN(c3cccc(OCc4ccc(C#N)cc4F)n3)CC2)nn2nc(C(=O)O)nc12. The number of aryl methyl sites for hydroxylation is 1. The summed E-state index contributed by atoms with van der Waals surface area (Å²) in [5, 5.41) is 26.9. The molecule has 6 rings (SSSR count). The summed E-state index contributed by atoms with van der Waals surface area (Å²) >= 11 is 0. The van der Waals surface area contributed by atoms with Gasteiger partial charge in [-0.05, 0) is 25.1 Å². The van der Waals surface area contributed by atoms with Crippen molar-refractivity contribution < 1.29 is 19.0 Å². The molecule has 1 aliphatic heterocycles. The van der Waals surface area contributed by atoms with Gasteiger partial charge in [0.2, 0.25) is 5.88 Å². The van der Waals surface area contributed by atoms with Crippen LogP contribution in [0.2, 0.25) is 0 Å². The predicted molar refractivity (Wildman–Crippen MR) is 150 cm³/mol. The number of benzene rings is 1. The van der Waals surface area contributed by atoms with Gasteiger partial charge in [-0.1, -0.05) is 12.1 Å². The van der Waals surface area contributed by atoms with Crippen LogP contribution in [0.5, 0.6) is 5.88 Å². The molecule has 0 aliphatic carbocycles. The van der Waals surface area contributed by atoms with Gasteiger partial charge in [-0.25, -0.2) is 14.2 Å². The first-order valence-electron chi connectivity index (χ1n) is 13.7. The number of nitriles is 1. The fraction of sp³-hybridized carbons (Fsp3) is 0.321. The van der Waals surface area contributed by atoms with Crippen molar-refractivity contribution in [2.45, 2.75) is 33.2 Å². The zero-order valence-electron chi connectivity index (χ0n) is 23.3. The average molecular weight is 586 g/mol. The van der Waals surface area contributed by atoms with Gasteiger partial charge in [-0.15, -0.1) is 14.8 Å². The molecular formula is C28H28FN11O3. The van der Waals surface area contributed by atoms with Gasteiger partial charge in [-0.2, -0.15) is 15.2 Å². The second-order valence-electron chi connectivity index (χ2n) is 10.0. The predicted octanol–water partition coefficient (Wildman–Crippen LogP) is 2.20. The zero-order valence-corrected chi connectivity index (χ0v) is 23.3. The second-order valence-corrected chi connectivity index (χ2v) is 10.0. The number of halogens is 1. The smallest absolute Gasteiger partial charge is 0.375 e. The Morgan fingerprint density at radius 2 is 1.95 bits per heavy atom. The quantitative estimate of drug-likeness (QED) is 0.256. The summed E-state index contributed by atoms with van der Waals surface area (Å²) in [6.07, 6.45) is 3.54. The van der Waals surface area contributed by atoms with Crippen LogP contribution in [0.4, 0.5) is 10.2 Å². The molecule has 0 atom stereocenters. The van der Waals surface area contributed by atoms with E-state index in [4.69, 9.17) is 10.00 Å². The number of nitrogens with zero attached hydrogens (tertiary/aromatic N) is 11. The summed E-state index contributed by atoms with van der Waals surface area (Å²) < 4.78 is 25.2. The first-order valence-corrected chi connectivity index (χ1v) is 13.7. The molecule has 0 amide bonds. The van der Waals surface area contributed by atoms with Gasteiger partial charge in [0.25, 0.3) is 11.6 Å². The van der Waals surface area contributed by atoms with Gasteiger partial charge in [0.1, 0.15) is 24.1 Å². The highest BCUT2D eigenvalue weighted by Gasteiger charge is 2.24. The van der Waals surface area contributed by atoms with Crippen LogP contribution >= 0.6 is 0 Å². The van der Waals surface area contributed by atoms with Gasteiger partial charge < -0.3 is 19.3 Å². The van der Waals surface area contributed by atoms with E-state index < -0.39 is 11.8 Å². The van der Waals surface area contributed by atoms with Gasteiger partial charge in [0.05, 0.1) is 36.7 Å². The Bertz CT molecular complexity index is 1810. The monoisotopic (exact) mass is 585 g/mol. The van der Waals surface area contributed by atoms with E-state index in [1.54, 1.807) is 30.7 Å². The molecule has 1 fully saturated rings. The van der Waals surface area contributed by atoms with Crippen molar-refractivity contribution in [3.63, 3.8) is 0 Å². The number of pyridine rings is 1. The second kappa shape index (κ2) is 11.9. The van der Waals surface area contributed by atoms with Gasteiger partial charge >= 0.3 is 5.97 Å². The Morgan fingerprint density at radius 1 is 1.12 bits per heavy atom. The first kappa shape index (κ1) is 27.8. The lowest BCUT2D eigenvalue weighted by Gasteiger charge is -2.35. The van der Waals surface area contributed by atoms with Crippen molar-refractivity contribution in [2.24, 2.45) is 0 Å². The van der Waals surface area contributed by atoms with Crippen molar-refractivity contribution in [3.05, 3.63) is 83.2 Å². The van der Waals surface area contributed by atoms with E-state index in [1.807, 2.05) is 34.3 Å². The molecule has 0 saturated carbocycles. The highest BCUT2D eigenvalue weighted by Crippen LogP contribution is 2.21. The number of fused-ring (bicyclic) bond motifs is 1. The molecule has 0 spiro atoms. The number of anilines is 1. The molecule has 5 aromatic rings. The number of carboxylic acid groups (broad SMARTS) is 1. The Morgan fingerprint density at radius 3 is 2.70 bits per heavy atom. The van der Waals surface area contributed by atoms with Crippen molar-refractivity contribution in [2.75, 3.05) is 31.1 Å². The number of hydrogen-bond acceptors (Lipinski definition) is 10. The molecule has 1 N–H and O–H groups in total. The number of aromatic carboxylic acids is 1. The van der Waals surface area contributed by atoms with E-state index in [0.29, 0.717) is 49.2 Å². The van der Waals surface area contributed by atoms with Crippen LogP contribution < -0.4 is 9.64 Å². The van der Waals surface area contributed by atoms with Crippen molar-refractivity contribution in [1.29, 1.82) is 5.26 Å². The van der Waals surface area contributed by atoms with Crippen LogP contribution in [0.15, 0.2) is 48.9 Å². The van der Waals surface area contributed by atoms with E-state index in [1.165, 1.54) is 10.7 Å². The van der Waals surface area contributed by atoms with Crippen LogP contribution in [0.25, 0.3) is 5.78 Å². The molecule has 43 heavy (non-hydrogen) atoms. The highest BCUT2D eigenvalue weighted by atomic mass is 19.1. The van der Waals surface area contributed by atoms with E-state index >= 15 is 0 Å². The fourth-order valence-electron chi connectivity index (χ4n) is 4.99. The van der Waals surface area contributed by atoms with Gasteiger partial charge in [0, 0.05) is 50.6 Å². The molecule has 4 aromatic heterocycles. The van der Waals surface area contributed by atoms with Crippen LogP contribution in [0.1, 0.15) is 40.2 Å². The molecule has 5 heterocycles. The lowest BCUT2D eigenvalue weighted by atomic mass is 10.1. The maximum Gasteiger partial charge on any atom is 0.375 e. The Balaban J connectivity index is 1.12. The third-order valence-corrected chi connectivity index (χ3v) is 7.32. The number of rotatable bonds is 10. The Labute approximate surface area is 245 Å².